The number of tetrazole rings is 1. The van der Waals surface area contributed by atoms with Crippen LogP contribution in [0.2, 0.25) is 0 Å². The van der Waals surface area contributed by atoms with Gasteiger partial charge in [0.2, 0.25) is 11.1 Å². The minimum Gasteiger partial charge on any atom is -0.457 e. The lowest BCUT2D eigenvalue weighted by atomic mass is 10.2. The Kier molecular flexibility index (Phi) is 6.08. The quantitative estimate of drug-likeness (QED) is 0.619. The van der Waals surface area contributed by atoms with Crippen molar-refractivity contribution in [1.29, 1.82) is 0 Å². The van der Waals surface area contributed by atoms with Gasteiger partial charge in [0, 0.05) is 5.69 Å². The molecule has 0 bridgehead atoms. The van der Waals surface area contributed by atoms with Crippen molar-refractivity contribution in [2.45, 2.75) is 32.0 Å². The Morgan fingerprint density at radius 1 is 1.11 bits per heavy atom. The predicted molar refractivity (Wildman–Crippen MR) is 105 cm³/mol. The summed E-state index contributed by atoms with van der Waals surface area (Å²) >= 11 is 1.31. The molecule has 27 heavy (non-hydrogen) atoms. The summed E-state index contributed by atoms with van der Waals surface area (Å²) in [5.74, 6) is 1.60. The van der Waals surface area contributed by atoms with Crippen LogP contribution in [0.1, 0.15) is 25.5 Å². The van der Waals surface area contributed by atoms with Crippen molar-refractivity contribution < 1.29 is 9.53 Å². The number of ether oxygens (including phenoxy) is 1. The van der Waals surface area contributed by atoms with Gasteiger partial charge in [-0.15, -0.1) is 5.10 Å². The SMILES string of the molecule is Cc1ccc(Oc2ccc(NC(=O)CSc3nnnn3C(C)C)cc2)cc1. The highest BCUT2D eigenvalue weighted by Crippen LogP contribution is 2.23. The van der Waals surface area contributed by atoms with Crippen LogP contribution in [0.5, 0.6) is 11.5 Å². The average molecular weight is 383 g/mol. The molecule has 2 aromatic carbocycles. The van der Waals surface area contributed by atoms with Crippen LogP contribution in [-0.2, 0) is 4.79 Å². The maximum absolute atomic E-state index is 12.2. The van der Waals surface area contributed by atoms with Crippen LogP contribution in [0.4, 0.5) is 5.69 Å². The first kappa shape index (κ1) is 18.9. The molecule has 0 aliphatic rings. The predicted octanol–water partition coefficient (Wildman–Crippen LogP) is 4.09. The van der Waals surface area contributed by atoms with Gasteiger partial charge in [0.15, 0.2) is 0 Å². The standard InChI is InChI=1S/C19H21N5O2S/c1-13(2)24-19(21-22-23-24)27-12-18(25)20-15-6-10-17(11-7-15)26-16-8-4-14(3)5-9-16/h4-11,13H,12H2,1-3H3,(H,20,25). The fourth-order valence-electron chi connectivity index (χ4n) is 2.28. The molecule has 0 aliphatic heterocycles. The summed E-state index contributed by atoms with van der Waals surface area (Å²) in [4.78, 5) is 12.2. The number of rotatable bonds is 7. The molecule has 1 amide bonds. The highest BCUT2D eigenvalue weighted by Gasteiger charge is 2.12. The number of carbonyl (C=O) groups excluding carboxylic acids is 1. The molecule has 0 atom stereocenters. The van der Waals surface area contributed by atoms with Gasteiger partial charge in [-0.25, -0.2) is 4.68 Å². The van der Waals surface area contributed by atoms with Gasteiger partial charge in [-0.2, -0.15) is 0 Å². The van der Waals surface area contributed by atoms with Gasteiger partial charge in [0.1, 0.15) is 11.5 Å². The van der Waals surface area contributed by atoms with Crippen LogP contribution in [0.3, 0.4) is 0 Å². The number of carbonyl (C=O) groups is 1. The molecule has 0 unspecified atom stereocenters. The van der Waals surface area contributed by atoms with E-state index in [-0.39, 0.29) is 17.7 Å². The summed E-state index contributed by atoms with van der Waals surface area (Å²) in [7, 11) is 0. The molecule has 3 aromatic rings. The van der Waals surface area contributed by atoms with Gasteiger partial charge >= 0.3 is 0 Å². The summed E-state index contributed by atoms with van der Waals surface area (Å²) < 4.78 is 7.47. The zero-order valence-electron chi connectivity index (χ0n) is 15.4. The second-order valence-corrected chi connectivity index (χ2v) is 7.22. The van der Waals surface area contributed by atoms with E-state index in [9.17, 15) is 4.79 Å². The Morgan fingerprint density at radius 2 is 1.74 bits per heavy atom. The molecule has 0 spiro atoms. The first-order chi connectivity index (χ1) is 13.0. The van der Waals surface area contributed by atoms with Crippen molar-refractivity contribution in [3.05, 3.63) is 54.1 Å². The molecule has 1 aromatic heterocycles. The molecule has 140 valence electrons. The molecule has 8 heteroatoms. The van der Waals surface area contributed by atoms with Gasteiger partial charge in [-0.05, 0) is 67.6 Å². The molecule has 0 radical (unpaired) electrons. The Bertz CT molecular complexity index is 891. The molecule has 1 heterocycles. The summed E-state index contributed by atoms with van der Waals surface area (Å²) in [6.07, 6.45) is 0. The second kappa shape index (κ2) is 8.68. The van der Waals surface area contributed by atoms with Gasteiger partial charge in [0.25, 0.3) is 0 Å². The molecular formula is C19H21N5O2S. The Labute approximate surface area is 162 Å². The Morgan fingerprint density at radius 3 is 2.37 bits per heavy atom. The van der Waals surface area contributed by atoms with Crippen LogP contribution < -0.4 is 10.1 Å². The fourth-order valence-corrected chi connectivity index (χ4v) is 3.09. The van der Waals surface area contributed by atoms with Gasteiger partial charge < -0.3 is 10.1 Å². The number of thioether (sulfide) groups is 1. The lowest BCUT2D eigenvalue weighted by molar-refractivity contribution is -0.113. The minimum atomic E-state index is -0.120. The zero-order valence-corrected chi connectivity index (χ0v) is 16.2. The first-order valence-corrected chi connectivity index (χ1v) is 9.55. The molecule has 7 nitrogen and oxygen atoms in total. The Hall–Kier alpha value is -2.87. The largest absolute Gasteiger partial charge is 0.457 e. The molecule has 0 aliphatic carbocycles. The smallest absolute Gasteiger partial charge is 0.234 e. The molecule has 0 saturated heterocycles. The number of hydrogen-bond acceptors (Lipinski definition) is 6. The summed E-state index contributed by atoms with van der Waals surface area (Å²) in [6, 6.07) is 15.2. The van der Waals surface area contributed by atoms with Crippen LogP contribution in [0, 0.1) is 6.92 Å². The number of amides is 1. The number of hydrogen-bond donors (Lipinski definition) is 1. The zero-order chi connectivity index (χ0) is 19.2. The third-order valence-electron chi connectivity index (χ3n) is 3.68. The van der Waals surface area contributed by atoms with E-state index in [4.69, 9.17) is 4.74 Å². The maximum Gasteiger partial charge on any atom is 0.234 e. The highest BCUT2D eigenvalue weighted by atomic mass is 32.2. The average Bonchev–Trinajstić information content (AvgIpc) is 3.12. The molecule has 3 rings (SSSR count). The maximum atomic E-state index is 12.2. The number of aromatic nitrogens is 4. The van der Waals surface area contributed by atoms with E-state index in [1.807, 2.05) is 69.3 Å². The number of benzene rings is 2. The van der Waals surface area contributed by atoms with Crippen molar-refractivity contribution in [3.63, 3.8) is 0 Å². The van der Waals surface area contributed by atoms with Crippen molar-refractivity contribution in [2.24, 2.45) is 0 Å². The lowest BCUT2D eigenvalue weighted by Crippen LogP contribution is -2.15. The van der Waals surface area contributed by atoms with E-state index in [2.05, 4.69) is 20.8 Å². The first-order valence-electron chi connectivity index (χ1n) is 8.56. The lowest BCUT2D eigenvalue weighted by Gasteiger charge is -2.09. The number of anilines is 1. The van der Waals surface area contributed by atoms with E-state index >= 15 is 0 Å². The van der Waals surface area contributed by atoms with Gasteiger partial charge in [-0.1, -0.05) is 29.5 Å². The third kappa shape index (κ3) is 5.30. The number of nitrogens with one attached hydrogen (secondary N) is 1. The summed E-state index contributed by atoms with van der Waals surface area (Å²) in [6.45, 7) is 6.00. The van der Waals surface area contributed by atoms with Crippen LogP contribution in [0.15, 0.2) is 53.7 Å². The monoisotopic (exact) mass is 383 g/mol. The highest BCUT2D eigenvalue weighted by molar-refractivity contribution is 7.99. The Balaban J connectivity index is 1.52. The van der Waals surface area contributed by atoms with Crippen LogP contribution in [-0.4, -0.2) is 31.9 Å². The number of aryl methyl sites for hydroxylation is 1. The normalized spacial score (nSPS) is 10.8. The molecular weight excluding hydrogens is 362 g/mol. The van der Waals surface area contributed by atoms with Crippen LogP contribution in [0.25, 0.3) is 0 Å². The van der Waals surface area contributed by atoms with Crippen molar-refractivity contribution in [1.82, 2.24) is 20.2 Å². The van der Waals surface area contributed by atoms with E-state index in [0.717, 1.165) is 5.75 Å². The van der Waals surface area contributed by atoms with Crippen LogP contribution >= 0.6 is 11.8 Å². The summed E-state index contributed by atoms with van der Waals surface area (Å²) in [5, 5.41) is 15.0. The van der Waals surface area contributed by atoms with E-state index < -0.39 is 0 Å². The van der Waals surface area contributed by atoms with Crippen molar-refractivity contribution in [2.75, 3.05) is 11.1 Å². The van der Waals surface area contributed by atoms with Gasteiger partial charge in [0.05, 0.1) is 11.8 Å². The molecule has 0 saturated carbocycles. The fraction of sp³-hybridized carbons (Fsp3) is 0.263. The topological polar surface area (TPSA) is 81.9 Å². The minimum absolute atomic E-state index is 0.120. The number of nitrogens with zero attached hydrogens (tertiary/aromatic N) is 4. The molecule has 0 fully saturated rings. The summed E-state index contributed by atoms with van der Waals surface area (Å²) in [5.41, 5.74) is 1.89. The molecule has 1 N–H and O–H groups in total. The van der Waals surface area contributed by atoms with E-state index in [1.54, 1.807) is 4.68 Å². The van der Waals surface area contributed by atoms with E-state index in [0.29, 0.717) is 16.6 Å². The van der Waals surface area contributed by atoms with E-state index in [1.165, 1.54) is 17.3 Å². The van der Waals surface area contributed by atoms with Crippen molar-refractivity contribution >= 4 is 23.4 Å². The second-order valence-electron chi connectivity index (χ2n) is 6.28. The third-order valence-corrected chi connectivity index (χ3v) is 4.61. The van der Waals surface area contributed by atoms with Crippen molar-refractivity contribution in [3.8, 4) is 11.5 Å². The van der Waals surface area contributed by atoms with Gasteiger partial charge in [-0.3, -0.25) is 4.79 Å².